The maximum atomic E-state index is 3.28. The number of rotatable bonds is 3. The second-order valence-electron chi connectivity index (χ2n) is 2.69. The highest BCUT2D eigenvalue weighted by atomic mass is 32.2. The monoisotopic (exact) mass is 167 g/mol. The summed E-state index contributed by atoms with van der Waals surface area (Å²) < 4.78 is 3.28. The number of benzene rings is 1. The third-order valence-corrected chi connectivity index (χ3v) is 2.25. The lowest BCUT2D eigenvalue weighted by Crippen LogP contribution is -2.13. The third-order valence-electron chi connectivity index (χ3n) is 1.16. The molecule has 11 heavy (non-hydrogen) atoms. The van der Waals surface area contributed by atoms with E-state index in [1.807, 2.05) is 18.2 Å². The van der Waals surface area contributed by atoms with Crippen LogP contribution < -0.4 is 4.72 Å². The van der Waals surface area contributed by atoms with Gasteiger partial charge in [-0.3, -0.25) is 4.72 Å². The van der Waals surface area contributed by atoms with Crippen LogP contribution in [0.2, 0.25) is 0 Å². The summed E-state index contributed by atoms with van der Waals surface area (Å²) in [5.74, 6) is 0. The average molecular weight is 167 g/mol. The van der Waals surface area contributed by atoms with Gasteiger partial charge in [0.05, 0.1) is 0 Å². The van der Waals surface area contributed by atoms with E-state index in [4.69, 9.17) is 0 Å². The van der Waals surface area contributed by atoms with Crippen molar-refractivity contribution in [1.29, 1.82) is 0 Å². The Morgan fingerprint density at radius 2 is 1.82 bits per heavy atom. The third kappa shape index (κ3) is 3.44. The highest BCUT2D eigenvalue weighted by Crippen LogP contribution is 2.13. The maximum Gasteiger partial charge on any atom is 0.0228 e. The Hall–Kier alpha value is -0.470. The van der Waals surface area contributed by atoms with Gasteiger partial charge in [0.1, 0.15) is 0 Å². The zero-order valence-corrected chi connectivity index (χ0v) is 7.69. The van der Waals surface area contributed by atoms with E-state index in [9.17, 15) is 0 Å². The fraction of sp³-hybridized carbons (Fsp3) is 0.333. The molecule has 0 bridgehead atoms. The first-order valence-electron chi connectivity index (χ1n) is 3.76. The zero-order valence-electron chi connectivity index (χ0n) is 6.87. The fourth-order valence-electron chi connectivity index (χ4n) is 0.674. The van der Waals surface area contributed by atoms with E-state index in [0.717, 1.165) is 0 Å². The summed E-state index contributed by atoms with van der Waals surface area (Å²) in [4.78, 5) is 1.27. The molecule has 1 N–H and O–H groups in total. The minimum absolute atomic E-state index is 0.528. The summed E-state index contributed by atoms with van der Waals surface area (Å²) in [5, 5.41) is 0. The van der Waals surface area contributed by atoms with Crippen LogP contribution in [0.25, 0.3) is 0 Å². The summed E-state index contributed by atoms with van der Waals surface area (Å²) in [7, 11) is 0. The van der Waals surface area contributed by atoms with Crippen molar-refractivity contribution in [3.05, 3.63) is 30.3 Å². The standard InChI is InChI=1S/C9H13NS/c1-8(2)10-11-9-6-4-3-5-7-9/h3-8,10H,1-2H3. The van der Waals surface area contributed by atoms with Crippen LogP contribution in [0.5, 0.6) is 0 Å². The number of nitrogens with one attached hydrogen (secondary N) is 1. The fourth-order valence-corrected chi connectivity index (χ4v) is 1.34. The summed E-state index contributed by atoms with van der Waals surface area (Å²) in [5.41, 5.74) is 0. The van der Waals surface area contributed by atoms with Gasteiger partial charge in [-0.1, -0.05) is 18.2 Å². The van der Waals surface area contributed by atoms with Crippen molar-refractivity contribution in [2.24, 2.45) is 0 Å². The minimum Gasteiger partial charge on any atom is -0.257 e. The average Bonchev–Trinajstić information content (AvgIpc) is 2.03. The largest absolute Gasteiger partial charge is 0.257 e. The van der Waals surface area contributed by atoms with Gasteiger partial charge in [0.25, 0.3) is 0 Å². The van der Waals surface area contributed by atoms with Crippen molar-refractivity contribution >= 4 is 11.9 Å². The lowest BCUT2D eigenvalue weighted by molar-refractivity contribution is 0.771. The van der Waals surface area contributed by atoms with Gasteiger partial charge in [0, 0.05) is 10.9 Å². The predicted molar refractivity (Wildman–Crippen MR) is 50.6 cm³/mol. The Labute approximate surface area is 72.3 Å². The SMILES string of the molecule is CC(C)NSc1ccccc1. The molecule has 0 aliphatic rings. The number of hydrogen-bond acceptors (Lipinski definition) is 2. The predicted octanol–water partition coefficient (Wildman–Crippen LogP) is 2.69. The van der Waals surface area contributed by atoms with Crippen molar-refractivity contribution in [1.82, 2.24) is 4.72 Å². The molecule has 0 atom stereocenters. The summed E-state index contributed by atoms with van der Waals surface area (Å²) >= 11 is 1.68. The molecule has 1 rings (SSSR count). The molecule has 0 amide bonds. The molecule has 0 heterocycles. The Balaban J connectivity index is 2.39. The molecule has 0 aliphatic carbocycles. The van der Waals surface area contributed by atoms with Crippen molar-refractivity contribution in [2.45, 2.75) is 24.8 Å². The van der Waals surface area contributed by atoms with Crippen LogP contribution in [0.1, 0.15) is 13.8 Å². The molecule has 1 aromatic rings. The Kier molecular flexibility index (Phi) is 3.46. The van der Waals surface area contributed by atoms with E-state index in [2.05, 4.69) is 30.7 Å². The molecule has 0 spiro atoms. The summed E-state index contributed by atoms with van der Waals surface area (Å²) in [6.45, 7) is 4.27. The lowest BCUT2D eigenvalue weighted by Gasteiger charge is -2.05. The van der Waals surface area contributed by atoms with Gasteiger partial charge in [-0.15, -0.1) is 0 Å². The van der Waals surface area contributed by atoms with E-state index < -0.39 is 0 Å². The Bertz CT molecular complexity index is 196. The van der Waals surface area contributed by atoms with Gasteiger partial charge in [-0.2, -0.15) is 0 Å². The molecule has 2 heteroatoms. The van der Waals surface area contributed by atoms with Crippen LogP contribution in [0.4, 0.5) is 0 Å². The topological polar surface area (TPSA) is 12.0 Å². The van der Waals surface area contributed by atoms with Crippen LogP contribution in [0, 0.1) is 0 Å². The molecule has 60 valence electrons. The van der Waals surface area contributed by atoms with E-state index in [1.54, 1.807) is 11.9 Å². The normalized spacial score (nSPS) is 10.5. The van der Waals surface area contributed by atoms with Crippen LogP contribution in [-0.4, -0.2) is 6.04 Å². The lowest BCUT2D eigenvalue weighted by atomic mass is 10.4. The summed E-state index contributed by atoms with van der Waals surface area (Å²) in [6, 6.07) is 10.8. The Morgan fingerprint density at radius 3 is 2.36 bits per heavy atom. The molecule has 1 nitrogen and oxygen atoms in total. The zero-order chi connectivity index (χ0) is 8.10. The van der Waals surface area contributed by atoms with E-state index in [0.29, 0.717) is 6.04 Å². The highest BCUT2D eigenvalue weighted by molar-refractivity contribution is 7.97. The molecule has 0 saturated heterocycles. The van der Waals surface area contributed by atoms with Crippen molar-refractivity contribution < 1.29 is 0 Å². The summed E-state index contributed by atoms with van der Waals surface area (Å²) in [6.07, 6.45) is 0. The molecule has 0 unspecified atom stereocenters. The maximum absolute atomic E-state index is 3.28. The van der Waals surface area contributed by atoms with Crippen molar-refractivity contribution in [3.63, 3.8) is 0 Å². The molecule has 0 aromatic heterocycles. The minimum atomic E-state index is 0.528. The molecule has 0 saturated carbocycles. The second kappa shape index (κ2) is 4.42. The Morgan fingerprint density at radius 1 is 1.18 bits per heavy atom. The smallest absolute Gasteiger partial charge is 0.0228 e. The molecule has 1 aromatic carbocycles. The van der Waals surface area contributed by atoms with Crippen molar-refractivity contribution in [3.8, 4) is 0 Å². The molecule has 0 fully saturated rings. The second-order valence-corrected chi connectivity index (χ2v) is 3.60. The van der Waals surface area contributed by atoms with E-state index in [1.165, 1.54) is 4.90 Å². The van der Waals surface area contributed by atoms with Gasteiger partial charge < -0.3 is 0 Å². The van der Waals surface area contributed by atoms with Crippen molar-refractivity contribution in [2.75, 3.05) is 0 Å². The molecular formula is C9H13NS. The molecule has 0 radical (unpaired) electrons. The van der Waals surface area contributed by atoms with Crippen LogP contribution in [0.15, 0.2) is 35.2 Å². The van der Waals surface area contributed by atoms with Crippen LogP contribution >= 0.6 is 11.9 Å². The highest BCUT2D eigenvalue weighted by Gasteiger charge is 1.93. The first-order valence-corrected chi connectivity index (χ1v) is 4.58. The van der Waals surface area contributed by atoms with Gasteiger partial charge in [-0.05, 0) is 37.9 Å². The van der Waals surface area contributed by atoms with Crippen LogP contribution in [0.3, 0.4) is 0 Å². The first kappa shape index (κ1) is 8.62. The van der Waals surface area contributed by atoms with Gasteiger partial charge in [-0.25, -0.2) is 0 Å². The van der Waals surface area contributed by atoms with Crippen LogP contribution in [-0.2, 0) is 0 Å². The van der Waals surface area contributed by atoms with Gasteiger partial charge in [0.15, 0.2) is 0 Å². The van der Waals surface area contributed by atoms with Gasteiger partial charge >= 0.3 is 0 Å². The van der Waals surface area contributed by atoms with E-state index in [-0.39, 0.29) is 0 Å². The van der Waals surface area contributed by atoms with Gasteiger partial charge in [0.2, 0.25) is 0 Å². The number of hydrogen-bond donors (Lipinski definition) is 1. The molecular weight excluding hydrogens is 154 g/mol. The molecule has 0 aliphatic heterocycles. The quantitative estimate of drug-likeness (QED) is 0.695. The van der Waals surface area contributed by atoms with E-state index >= 15 is 0 Å². The first-order chi connectivity index (χ1) is 5.29.